The molecule has 0 aliphatic heterocycles. The van der Waals surface area contributed by atoms with Crippen molar-refractivity contribution in [3.05, 3.63) is 265 Å². The van der Waals surface area contributed by atoms with E-state index in [2.05, 4.69) is 267 Å². The van der Waals surface area contributed by atoms with Gasteiger partial charge in [-0.1, -0.05) is 202 Å². The number of hydrogen-bond acceptors (Lipinski definition) is 4. The second-order valence-electron chi connectivity index (χ2n) is 20.8. The average Bonchev–Trinajstić information content (AvgIpc) is 4.13. The summed E-state index contributed by atoms with van der Waals surface area (Å²) in [5.74, 6) is 0. The van der Waals surface area contributed by atoms with Crippen molar-refractivity contribution in [2.24, 2.45) is 0 Å². The molecule has 0 saturated carbocycles. The van der Waals surface area contributed by atoms with Crippen LogP contribution in [0.2, 0.25) is 0 Å². The summed E-state index contributed by atoms with van der Waals surface area (Å²) >= 11 is 0. The molecule has 15 rings (SSSR count). The highest BCUT2D eigenvalue weighted by Gasteiger charge is 2.36. The maximum Gasteiger partial charge on any atom is 0.159 e. The lowest BCUT2D eigenvalue weighted by atomic mass is 9.67. The number of benzene rings is 12. The van der Waals surface area contributed by atoms with Crippen LogP contribution < -0.4 is 9.80 Å². The highest BCUT2D eigenvalue weighted by Crippen LogP contribution is 2.55. The van der Waals surface area contributed by atoms with E-state index in [9.17, 15) is 0 Å². The minimum Gasteiger partial charge on any atom is -0.454 e. The van der Waals surface area contributed by atoms with Gasteiger partial charge >= 0.3 is 0 Å². The van der Waals surface area contributed by atoms with Gasteiger partial charge in [0.1, 0.15) is 11.2 Å². The molecule has 0 N–H and O–H groups in total. The van der Waals surface area contributed by atoms with Crippen molar-refractivity contribution in [1.29, 1.82) is 0 Å². The number of anilines is 6. The third-order valence-electron chi connectivity index (χ3n) is 16.2. The van der Waals surface area contributed by atoms with Crippen molar-refractivity contribution in [2.75, 3.05) is 9.80 Å². The summed E-state index contributed by atoms with van der Waals surface area (Å²) in [6.07, 6.45) is 0. The third kappa shape index (κ3) is 6.57. The second-order valence-corrected chi connectivity index (χ2v) is 20.8. The maximum atomic E-state index is 6.83. The summed E-state index contributed by atoms with van der Waals surface area (Å²) in [7, 11) is 0. The smallest absolute Gasteiger partial charge is 0.159 e. The fourth-order valence-corrected chi connectivity index (χ4v) is 12.7. The Morgan fingerprint density at radius 1 is 0.329 bits per heavy atom. The van der Waals surface area contributed by atoms with Gasteiger partial charge in [0, 0.05) is 49.5 Å². The zero-order valence-corrected chi connectivity index (χ0v) is 42.4. The minimum atomic E-state index is -0.372. The Morgan fingerprint density at radius 2 is 0.789 bits per heavy atom. The molecule has 0 bridgehead atoms. The maximum absolute atomic E-state index is 6.83. The molecule has 0 amide bonds. The third-order valence-corrected chi connectivity index (χ3v) is 16.2. The van der Waals surface area contributed by atoms with Gasteiger partial charge < -0.3 is 18.6 Å². The molecule has 0 saturated heterocycles. The van der Waals surface area contributed by atoms with Crippen LogP contribution in [0.4, 0.5) is 34.1 Å². The van der Waals surface area contributed by atoms with Gasteiger partial charge in [-0.3, -0.25) is 0 Å². The van der Waals surface area contributed by atoms with Crippen LogP contribution in [-0.4, -0.2) is 0 Å². The zero-order valence-electron chi connectivity index (χ0n) is 42.4. The summed E-state index contributed by atoms with van der Waals surface area (Å²) < 4.78 is 13.7. The second kappa shape index (κ2) is 17.0. The van der Waals surface area contributed by atoms with Gasteiger partial charge in [0.15, 0.2) is 11.2 Å². The van der Waals surface area contributed by atoms with E-state index in [4.69, 9.17) is 8.83 Å². The van der Waals surface area contributed by atoms with Crippen LogP contribution in [0.25, 0.3) is 98.8 Å². The topological polar surface area (TPSA) is 32.8 Å². The largest absolute Gasteiger partial charge is 0.454 e. The SMILES string of the molecule is Cc1c2c3c(cccc3c3cc(N(c4ccccc4-c4ccccc4)c4cccc5c4oc4ccccc45)ccc13)C(C)(C)c1cc(N(c3ccccc3-c3ccccc3)c3cccc4c3oc3ccccc34)ccc1-2. The molecule has 2 heterocycles. The number of hydrogen-bond donors (Lipinski definition) is 0. The molecule has 360 valence electrons. The van der Waals surface area contributed by atoms with E-state index in [1.807, 2.05) is 12.1 Å². The van der Waals surface area contributed by atoms with E-state index in [1.165, 1.54) is 49.4 Å². The average molecular weight is 975 g/mol. The monoisotopic (exact) mass is 974 g/mol. The molecule has 0 spiro atoms. The lowest BCUT2D eigenvalue weighted by Gasteiger charge is -2.38. The van der Waals surface area contributed by atoms with E-state index in [1.54, 1.807) is 0 Å². The first-order valence-electron chi connectivity index (χ1n) is 26.2. The fourth-order valence-electron chi connectivity index (χ4n) is 12.7. The molecular formula is C72H50N2O2. The Labute approximate surface area is 440 Å². The highest BCUT2D eigenvalue weighted by atomic mass is 16.3. The first-order chi connectivity index (χ1) is 37.4. The van der Waals surface area contributed by atoms with Gasteiger partial charge in [-0.15, -0.1) is 0 Å². The quantitative estimate of drug-likeness (QED) is 0.142. The Bertz CT molecular complexity index is 4640. The van der Waals surface area contributed by atoms with Gasteiger partial charge in [-0.05, 0) is 128 Å². The Balaban J connectivity index is 0.948. The lowest BCUT2D eigenvalue weighted by Crippen LogP contribution is -2.25. The van der Waals surface area contributed by atoms with Crippen molar-refractivity contribution in [2.45, 2.75) is 26.2 Å². The Morgan fingerprint density at radius 3 is 1.38 bits per heavy atom. The number of aryl methyl sites for hydroxylation is 1. The summed E-state index contributed by atoms with van der Waals surface area (Å²) in [6, 6.07) is 89.9. The van der Waals surface area contributed by atoms with Crippen molar-refractivity contribution in [1.82, 2.24) is 0 Å². The highest BCUT2D eigenvalue weighted by molar-refractivity contribution is 6.20. The van der Waals surface area contributed by atoms with Crippen LogP contribution in [0.5, 0.6) is 0 Å². The van der Waals surface area contributed by atoms with Crippen LogP contribution in [0.15, 0.2) is 258 Å². The van der Waals surface area contributed by atoms with Crippen LogP contribution in [-0.2, 0) is 5.41 Å². The number of nitrogens with zero attached hydrogens (tertiary/aromatic N) is 2. The van der Waals surface area contributed by atoms with E-state index < -0.39 is 0 Å². The standard InChI is InChI=1S/C72H50N2O2/c1-45-50-41-39-48(73(62-33-14-10-25-51(62)46-21-6-4-7-22-46)64-35-19-30-56-53-27-12-16-37-66(53)75-70(56)64)43-59(50)55-29-18-32-60-69(55)68(45)58-42-40-49(44-61(58)72(60,2)3)74(63-34-15-11-26-52(63)47-23-8-5-9-24-47)65-36-20-31-57-54-28-13-17-38-67(54)76-71(57)65/h4-44H,1-3H3. The van der Waals surface area contributed by atoms with Crippen molar-refractivity contribution < 1.29 is 8.83 Å². The van der Waals surface area contributed by atoms with Crippen molar-refractivity contribution in [3.63, 3.8) is 0 Å². The molecule has 1 aliphatic carbocycles. The molecule has 0 atom stereocenters. The number of para-hydroxylation sites is 6. The van der Waals surface area contributed by atoms with Crippen LogP contribution in [0.3, 0.4) is 0 Å². The molecule has 4 nitrogen and oxygen atoms in total. The first-order valence-corrected chi connectivity index (χ1v) is 26.2. The van der Waals surface area contributed by atoms with Gasteiger partial charge in [0.2, 0.25) is 0 Å². The number of fused-ring (bicyclic) bond motifs is 10. The molecule has 0 fully saturated rings. The minimum absolute atomic E-state index is 0.372. The summed E-state index contributed by atoms with van der Waals surface area (Å²) in [6.45, 7) is 7.13. The first kappa shape index (κ1) is 43.9. The van der Waals surface area contributed by atoms with E-state index in [0.29, 0.717) is 0 Å². The molecule has 0 radical (unpaired) electrons. The molecule has 76 heavy (non-hydrogen) atoms. The normalized spacial score (nSPS) is 12.8. The Hall–Kier alpha value is -9.64. The summed E-state index contributed by atoms with van der Waals surface area (Å²) in [5, 5.41) is 9.39. The molecular weight excluding hydrogens is 925 g/mol. The molecule has 2 aromatic heterocycles. The summed E-state index contributed by atoms with van der Waals surface area (Å²) in [5.41, 5.74) is 20.3. The van der Waals surface area contributed by atoms with E-state index in [-0.39, 0.29) is 5.41 Å². The van der Waals surface area contributed by atoms with E-state index in [0.717, 1.165) is 100 Å². The van der Waals surface area contributed by atoms with Crippen LogP contribution >= 0.6 is 0 Å². The Kier molecular flexibility index (Phi) is 9.79. The van der Waals surface area contributed by atoms with Gasteiger partial charge in [0.05, 0.1) is 22.7 Å². The predicted octanol–water partition coefficient (Wildman–Crippen LogP) is 20.7. The number of furan rings is 2. The van der Waals surface area contributed by atoms with E-state index >= 15 is 0 Å². The molecule has 14 aromatic rings. The van der Waals surface area contributed by atoms with Crippen LogP contribution in [0, 0.1) is 6.92 Å². The van der Waals surface area contributed by atoms with Crippen molar-refractivity contribution >= 4 is 99.5 Å². The van der Waals surface area contributed by atoms with Gasteiger partial charge in [-0.25, -0.2) is 0 Å². The number of rotatable bonds is 8. The predicted molar refractivity (Wildman–Crippen MR) is 319 cm³/mol. The molecule has 12 aromatic carbocycles. The van der Waals surface area contributed by atoms with Gasteiger partial charge in [-0.2, -0.15) is 0 Å². The zero-order chi connectivity index (χ0) is 50.6. The van der Waals surface area contributed by atoms with Gasteiger partial charge in [0.25, 0.3) is 0 Å². The molecule has 1 aliphatic rings. The van der Waals surface area contributed by atoms with Crippen LogP contribution in [0.1, 0.15) is 30.5 Å². The van der Waals surface area contributed by atoms with Crippen molar-refractivity contribution in [3.8, 4) is 33.4 Å². The molecule has 4 heteroatoms. The fraction of sp³-hybridized carbons (Fsp3) is 0.0556. The lowest BCUT2D eigenvalue weighted by molar-refractivity contribution is 0.645. The molecule has 0 unspecified atom stereocenters. The summed E-state index contributed by atoms with van der Waals surface area (Å²) in [4.78, 5) is 4.83.